The molecule has 0 saturated heterocycles. The van der Waals surface area contributed by atoms with Gasteiger partial charge < -0.3 is 21.5 Å². The van der Waals surface area contributed by atoms with Crippen molar-refractivity contribution in [2.45, 2.75) is 20.3 Å². The van der Waals surface area contributed by atoms with E-state index in [0.717, 1.165) is 6.42 Å². The Labute approximate surface area is 158 Å². The van der Waals surface area contributed by atoms with Crippen molar-refractivity contribution in [1.29, 1.82) is 0 Å². The molecular weight excluding hydrogens is 344 g/mol. The first-order valence-electron chi connectivity index (χ1n) is 8.52. The van der Waals surface area contributed by atoms with Crippen LogP contribution in [0.1, 0.15) is 20.3 Å². The Morgan fingerprint density at radius 3 is 2.59 bits per heavy atom. The highest BCUT2D eigenvalue weighted by molar-refractivity contribution is 5.91. The van der Waals surface area contributed by atoms with Gasteiger partial charge in [0, 0.05) is 6.42 Å². The van der Waals surface area contributed by atoms with Crippen molar-refractivity contribution in [2.75, 3.05) is 17.6 Å². The van der Waals surface area contributed by atoms with Gasteiger partial charge >= 0.3 is 0 Å². The summed E-state index contributed by atoms with van der Waals surface area (Å²) in [5.74, 6) is 1.74. The van der Waals surface area contributed by atoms with Crippen LogP contribution < -0.4 is 21.5 Å². The molecule has 0 unspecified atom stereocenters. The highest BCUT2D eigenvalue weighted by Gasteiger charge is 2.08. The normalized spacial score (nSPS) is 11.0. The molecule has 8 nitrogen and oxygen atoms in total. The molecule has 0 fully saturated rings. The average molecular weight is 368 g/mol. The zero-order valence-corrected chi connectivity index (χ0v) is 15.5. The van der Waals surface area contributed by atoms with E-state index in [1.165, 1.54) is 0 Å². The van der Waals surface area contributed by atoms with Crippen LogP contribution in [0.2, 0.25) is 0 Å². The predicted octanol–water partition coefficient (Wildman–Crippen LogP) is 3.92. The number of pyridine rings is 1. The summed E-state index contributed by atoms with van der Waals surface area (Å²) in [5.41, 5.74) is 12.1. The van der Waals surface area contributed by atoms with Crippen LogP contribution >= 0.6 is 0 Å². The Bertz CT molecular complexity index is 848. The minimum Gasteiger partial charge on any atom is -0.460 e. The van der Waals surface area contributed by atoms with E-state index in [9.17, 15) is 4.79 Å². The molecule has 0 atom stereocenters. The summed E-state index contributed by atoms with van der Waals surface area (Å²) in [4.78, 5) is 15.4. The van der Waals surface area contributed by atoms with Crippen LogP contribution in [-0.4, -0.2) is 17.4 Å². The van der Waals surface area contributed by atoms with Gasteiger partial charge in [0.05, 0.1) is 12.3 Å². The Morgan fingerprint density at radius 1 is 1.22 bits per heavy atom. The maximum Gasteiger partial charge on any atom is 0.239 e. The number of para-hydroxylation sites is 1. The number of nitrogen functional groups attached to an aromatic ring is 1. The molecule has 0 saturated carbocycles. The molecule has 1 aromatic heterocycles. The number of allylic oxidation sites excluding steroid dienone is 1. The van der Waals surface area contributed by atoms with Gasteiger partial charge in [0.1, 0.15) is 17.2 Å². The largest absolute Gasteiger partial charge is 0.460 e. The number of nitrogens with two attached hydrogens (primary N) is 2. The number of hydrogen-bond donors (Lipinski definition) is 3. The lowest BCUT2D eigenvalue weighted by molar-refractivity contribution is -0.114. The number of benzene rings is 1. The van der Waals surface area contributed by atoms with E-state index in [1.807, 2.05) is 12.1 Å². The number of rotatable bonds is 8. The maximum absolute atomic E-state index is 11.3. The summed E-state index contributed by atoms with van der Waals surface area (Å²) in [6, 6.07) is 10.4. The van der Waals surface area contributed by atoms with Gasteiger partial charge in [-0.15, -0.1) is 10.2 Å². The van der Waals surface area contributed by atoms with Crippen LogP contribution in [0.3, 0.4) is 0 Å². The fourth-order valence-electron chi connectivity index (χ4n) is 2.20. The highest BCUT2D eigenvalue weighted by atomic mass is 16.5. The van der Waals surface area contributed by atoms with Crippen molar-refractivity contribution in [3.8, 4) is 5.75 Å². The summed E-state index contributed by atoms with van der Waals surface area (Å²) in [6.07, 6.45) is 0.748. The van der Waals surface area contributed by atoms with E-state index in [2.05, 4.69) is 41.0 Å². The lowest BCUT2D eigenvalue weighted by Gasteiger charge is -2.12. The van der Waals surface area contributed by atoms with Gasteiger partial charge in [-0.25, -0.2) is 4.98 Å². The van der Waals surface area contributed by atoms with Crippen LogP contribution in [0, 0.1) is 5.92 Å². The van der Waals surface area contributed by atoms with E-state index in [-0.39, 0.29) is 18.3 Å². The number of carbonyl (C=O) groups is 1. The molecule has 0 spiro atoms. The maximum atomic E-state index is 11.3. The molecule has 1 aromatic carbocycles. The first-order valence-corrected chi connectivity index (χ1v) is 8.52. The Balaban J connectivity index is 2.16. The van der Waals surface area contributed by atoms with Crippen LogP contribution in [0.4, 0.5) is 23.0 Å². The zero-order valence-electron chi connectivity index (χ0n) is 15.5. The van der Waals surface area contributed by atoms with Gasteiger partial charge in [0.15, 0.2) is 11.6 Å². The fraction of sp³-hybridized carbons (Fsp3) is 0.263. The number of aromatic nitrogens is 1. The molecule has 2 aromatic rings. The topological polar surface area (TPSA) is 128 Å². The molecule has 1 heterocycles. The summed E-state index contributed by atoms with van der Waals surface area (Å²) in [7, 11) is 0. The molecule has 0 aliphatic heterocycles. The van der Waals surface area contributed by atoms with Gasteiger partial charge in [0.2, 0.25) is 5.91 Å². The highest BCUT2D eigenvalue weighted by Crippen LogP contribution is 2.32. The number of ether oxygens (including phenoxy) is 1. The van der Waals surface area contributed by atoms with Crippen LogP contribution in [0.15, 0.2) is 59.0 Å². The fourth-order valence-corrected chi connectivity index (χ4v) is 2.20. The lowest BCUT2D eigenvalue weighted by Crippen LogP contribution is -2.22. The number of hydrogen-bond acceptors (Lipinski definition) is 7. The van der Waals surface area contributed by atoms with Gasteiger partial charge in [-0.05, 0) is 30.2 Å². The molecule has 1 amide bonds. The van der Waals surface area contributed by atoms with E-state index < -0.39 is 0 Å². The third-order valence-electron chi connectivity index (χ3n) is 3.38. The van der Waals surface area contributed by atoms with Crippen molar-refractivity contribution in [3.63, 3.8) is 0 Å². The zero-order chi connectivity index (χ0) is 19.8. The molecule has 5 N–H and O–H groups in total. The standard InChI is InChI=1S/C19H24N6O2/c1-12(2)10-13(3)27-16-7-5-4-6-14(16)24-25-15-8-9-17(23-19(15)21)22-18(26)11-20/h4-9,12H,3,10-11,20H2,1-2H3,(H3,21,22,23,26). The summed E-state index contributed by atoms with van der Waals surface area (Å²) in [5, 5.41) is 10.9. The van der Waals surface area contributed by atoms with Gasteiger partial charge in [-0.3, -0.25) is 4.79 Å². The van der Waals surface area contributed by atoms with Crippen molar-refractivity contribution >= 4 is 28.9 Å². The minimum absolute atomic E-state index is 0.135. The number of nitrogens with one attached hydrogen (secondary N) is 1. The molecule has 142 valence electrons. The minimum atomic E-state index is -0.357. The van der Waals surface area contributed by atoms with Crippen molar-refractivity contribution in [3.05, 3.63) is 48.7 Å². The Hall–Kier alpha value is -3.26. The average Bonchev–Trinajstić information content (AvgIpc) is 2.61. The smallest absolute Gasteiger partial charge is 0.239 e. The summed E-state index contributed by atoms with van der Waals surface area (Å²) < 4.78 is 5.80. The number of azo groups is 1. The van der Waals surface area contributed by atoms with Crippen LogP contribution in [0.25, 0.3) is 0 Å². The number of anilines is 2. The molecule has 2 rings (SSSR count). The first kappa shape index (κ1) is 20.1. The van der Waals surface area contributed by atoms with Crippen molar-refractivity contribution in [1.82, 2.24) is 4.98 Å². The second-order valence-electron chi connectivity index (χ2n) is 6.26. The molecule has 0 aliphatic rings. The molecule has 0 bridgehead atoms. The summed E-state index contributed by atoms with van der Waals surface area (Å²) in [6.45, 7) is 7.98. The lowest BCUT2D eigenvalue weighted by atomic mass is 10.1. The van der Waals surface area contributed by atoms with E-state index >= 15 is 0 Å². The Morgan fingerprint density at radius 2 is 1.93 bits per heavy atom. The molecule has 27 heavy (non-hydrogen) atoms. The van der Waals surface area contributed by atoms with E-state index in [1.54, 1.807) is 24.3 Å². The van der Waals surface area contributed by atoms with Crippen molar-refractivity contribution in [2.24, 2.45) is 21.9 Å². The second kappa shape index (κ2) is 9.44. The van der Waals surface area contributed by atoms with E-state index in [4.69, 9.17) is 16.2 Å². The monoisotopic (exact) mass is 368 g/mol. The SMILES string of the molecule is C=C(CC(C)C)Oc1ccccc1N=Nc1ccc(NC(=O)CN)nc1N. The van der Waals surface area contributed by atoms with Gasteiger partial charge in [-0.1, -0.05) is 32.6 Å². The first-order chi connectivity index (χ1) is 12.9. The van der Waals surface area contributed by atoms with E-state index in [0.29, 0.717) is 34.6 Å². The quantitative estimate of drug-likeness (QED) is 0.480. The molecular formula is C19H24N6O2. The second-order valence-corrected chi connectivity index (χ2v) is 6.26. The summed E-state index contributed by atoms with van der Waals surface area (Å²) >= 11 is 0. The predicted molar refractivity (Wildman–Crippen MR) is 106 cm³/mol. The van der Waals surface area contributed by atoms with Crippen molar-refractivity contribution < 1.29 is 9.53 Å². The third-order valence-corrected chi connectivity index (χ3v) is 3.38. The number of carbonyl (C=O) groups excluding carboxylic acids is 1. The molecule has 0 radical (unpaired) electrons. The van der Waals surface area contributed by atoms with Crippen LogP contribution in [-0.2, 0) is 4.79 Å². The number of amides is 1. The Kier molecular flexibility index (Phi) is 7.01. The van der Waals surface area contributed by atoms with Gasteiger partial charge in [-0.2, -0.15) is 0 Å². The third kappa shape index (κ3) is 6.19. The van der Waals surface area contributed by atoms with Crippen LogP contribution in [0.5, 0.6) is 5.75 Å². The molecule has 8 heteroatoms. The molecule has 0 aliphatic carbocycles. The van der Waals surface area contributed by atoms with Gasteiger partial charge in [0.25, 0.3) is 0 Å². The number of nitrogens with zero attached hydrogens (tertiary/aromatic N) is 3.